The van der Waals surface area contributed by atoms with Crippen molar-refractivity contribution in [2.45, 2.75) is 5.92 Å². The van der Waals surface area contributed by atoms with Crippen LogP contribution < -0.4 is 5.32 Å². The Balaban J connectivity index is 1.80. The Hall–Kier alpha value is -1.26. The summed E-state index contributed by atoms with van der Waals surface area (Å²) in [5.41, 5.74) is 1.06. The van der Waals surface area contributed by atoms with E-state index in [1.165, 1.54) is 0 Å². The molecule has 5 heteroatoms. The highest BCUT2D eigenvalue weighted by Crippen LogP contribution is 2.17. The predicted molar refractivity (Wildman–Crippen MR) is 75.3 cm³/mol. The van der Waals surface area contributed by atoms with E-state index in [-0.39, 0.29) is 11.9 Å². The van der Waals surface area contributed by atoms with Gasteiger partial charge >= 0.3 is 6.03 Å². The fourth-order valence-electron chi connectivity index (χ4n) is 1.94. The summed E-state index contributed by atoms with van der Waals surface area (Å²) in [5.74, 6) is 0.0160. The third-order valence-electron chi connectivity index (χ3n) is 3.14. The van der Waals surface area contributed by atoms with Crippen molar-refractivity contribution in [2.24, 2.45) is 0 Å². The standard InChI is InChI=1S/C14H18ClN2O2/c1-11(12-2-4-13(15)5-3-12)10-16-14(18)17-6-8-19-9-7-17/h2-5,11H,1,6-10H2,(H,16,18). The lowest BCUT2D eigenvalue weighted by Gasteiger charge is -2.27. The zero-order chi connectivity index (χ0) is 13.7. The number of carbonyl (C=O) groups excluding carboxylic acids is 1. The van der Waals surface area contributed by atoms with Gasteiger partial charge in [0.25, 0.3) is 0 Å². The van der Waals surface area contributed by atoms with Crippen molar-refractivity contribution in [3.8, 4) is 0 Å². The summed E-state index contributed by atoms with van der Waals surface area (Å²) in [6, 6.07) is 7.48. The molecule has 1 aliphatic heterocycles. The molecule has 0 aromatic heterocycles. The number of ether oxygens (including phenoxy) is 1. The van der Waals surface area contributed by atoms with Crippen LogP contribution in [0.3, 0.4) is 0 Å². The molecule has 2 rings (SSSR count). The molecule has 1 saturated heterocycles. The highest BCUT2D eigenvalue weighted by molar-refractivity contribution is 6.30. The van der Waals surface area contributed by atoms with Crippen molar-refractivity contribution in [3.63, 3.8) is 0 Å². The minimum absolute atomic E-state index is 0.0160. The largest absolute Gasteiger partial charge is 0.378 e. The van der Waals surface area contributed by atoms with Crippen LogP contribution in [0.2, 0.25) is 5.02 Å². The van der Waals surface area contributed by atoms with Crippen LogP contribution in [-0.4, -0.2) is 43.8 Å². The zero-order valence-corrected chi connectivity index (χ0v) is 11.5. The zero-order valence-electron chi connectivity index (χ0n) is 10.8. The van der Waals surface area contributed by atoms with Crippen LogP contribution >= 0.6 is 11.6 Å². The molecule has 1 heterocycles. The minimum atomic E-state index is -0.0501. The van der Waals surface area contributed by atoms with Gasteiger partial charge in [0.15, 0.2) is 0 Å². The molecule has 0 saturated carbocycles. The van der Waals surface area contributed by atoms with E-state index >= 15 is 0 Å². The fourth-order valence-corrected chi connectivity index (χ4v) is 2.07. The number of halogens is 1. The summed E-state index contributed by atoms with van der Waals surface area (Å²) < 4.78 is 5.21. The van der Waals surface area contributed by atoms with Gasteiger partial charge in [-0.25, -0.2) is 4.79 Å². The van der Waals surface area contributed by atoms with E-state index in [1.807, 2.05) is 24.3 Å². The maximum atomic E-state index is 11.9. The lowest BCUT2D eigenvalue weighted by Crippen LogP contribution is -2.46. The van der Waals surface area contributed by atoms with Crippen LogP contribution in [-0.2, 0) is 4.74 Å². The minimum Gasteiger partial charge on any atom is -0.378 e. The molecular formula is C14H18ClN2O2. The summed E-state index contributed by atoms with van der Waals surface area (Å²) in [5, 5.41) is 3.60. The van der Waals surface area contributed by atoms with E-state index in [2.05, 4.69) is 12.2 Å². The molecule has 1 atom stereocenters. The van der Waals surface area contributed by atoms with E-state index in [0.717, 1.165) is 5.56 Å². The van der Waals surface area contributed by atoms with Crippen molar-refractivity contribution in [3.05, 3.63) is 41.8 Å². The van der Waals surface area contributed by atoms with E-state index in [4.69, 9.17) is 16.3 Å². The number of carbonyl (C=O) groups is 1. The van der Waals surface area contributed by atoms with Gasteiger partial charge < -0.3 is 15.0 Å². The molecule has 1 fully saturated rings. The van der Waals surface area contributed by atoms with Crippen molar-refractivity contribution in [2.75, 3.05) is 32.8 Å². The maximum Gasteiger partial charge on any atom is 0.317 e. The van der Waals surface area contributed by atoms with Gasteiger partial charge in [-0.15, -0.1) is 0 Å². The number of rotatable bonds is 3. The molecule has 1 N–H and O–H groups in total. The van der Waals surface area contributed by atoms with Gasteiger partial charge in [-0.3, -0.25) is 0 Å². The first kappa shape index (κ1) is 14.2. The van der Waals surface area contributed by atoms with Crippen LogP contribution in [0.5, 0.6) is 0 Å². The lowest BCUT2D eigenvalue weighted by atomic mass is 10.0. The molecule has 0 spiro atoms. The Morgan fingerprint density at radius 3 is 2.63 bits per heavy atom. The number of urea groups is 1. The Kier molecular flexibility index (Phi) is 5.05. The van der Waals surface area contributed by atoms with E-state index in [1.54, 1.807) is 4.90 Å². The van der Waals surface area contributed by atoms with Crippen molar-refractivity contribution >= 4 is 17.6 Å². The third kappa shape index (κ3) is 4.11. The van der Waals surface area contributed by atoms with Crippen LogP contribution in [0.4, 0.5) is 4.79 Å². The van der Waals surface area contributed by atoms with Gasteiger partial charge in [0.2, 0.25) is 0 Å². The van der Waals surface area contributed by atoms with E-state index in [9.17, 15) is 4.79 Å². The molecule has 103 valence electrons. The third-order valence-corrected chi connectivity index (χ3v) is 3.39. The summed E-state index contributed by atoms with van der Waals surface area (Å²) in [6.45, 7) is 7.08. The predicted octanol–water partition coefficient (Wildman–Crippen LogP) is 2.30. The summed E-state index contributed by atoms with van der Waals surface area (Å²) >= 11 is 5.84. The number of morpholine rings is 1. The second-order valence-electron chi connectivity index (χ2n) is 4.53. The second kappa shape index (κ2) is 6.78. The first-order valence-corrected chi connectivity index (χ1v) is 6.73. The van der Waals surface area contributed by atoms with Gasteiger partial charge in [0.1, 0.15) is 0 Å². The molecule has 0 aliphatic carbocycles. The van der Waals surface area contributed by atoms with Crippen molar-refractivity contribution in [1.82, 2.24) is 10.2 Å². The van der Waals surface area contributed by atoms with Gasteiger partial charge in [0.05, 0.1) is 13.2 Å². The number of hydrogen-bond acceptors (Lipinski definition) is 2. The van der Waals surface area contributed by atoms with Gasteiger partial charge in [-0.2, -0.15) is 0 Å². The SMILES string of the molecule is [CH2]C(CNC(=O)N1CCOCC1)c1ccc(Cl)cc1. The molecule has 1 unspecified atom stereocenters. The fraction of sp³-hybridized carbons (Fsp3) is 0.429. The van der Waals surface area contributed by atoms with Crippen molar-refractivity contribution in [1.29, 1.82) is 0 Å². The van der Waals surface area contributed by atoms with Crippen molar-refractivity contribution < 1.29 is 9.53 Å². The quantitative estimate of drug-likeness (QED) is 0.924. The normalized spacial score (nSPS) is 17.1. The topological polar surface area (TPSA) is 41.6 Å². The molecular weight excluding hydrogens is 264 g/mol. The smallest absolute Gasteiger partial charge is 0.317 e. The number of nitrogens with one attached hydrogen (secondary N) is 1. The monoisotopic (exact) mass is 281 g/mol. The van der Waals surface area contributed by atoms with E-state index in [0.29, 0.717) is 37.9 Å². The lowest BCUT2D eigenvalue weighted by molar-refractivity contribution is 0.0532. The average Bonchev–Trinajstić information content (AvgIpc) is 2.46. The first-order valence-electron chi connectivity index (χ1n) is 6.36. The van der Waals surface area contributed by atoms with Gasteiger partial charge in [-0.1, -0.05) is 23.7 Å². The van der Waals surface area contributed by atoms with Crippen LogP contribution in [0, 0.1) is 6.92 Å². The van der Waals surface area contributed by atoms with Crippen LogP contribution in [0.1, 0.15) is 11.5 Å². The molecule has 1 aliphatic rings. The van der Waals surface area contributed by atoms with Crippen LogP contribution in [0.25, 0.3) is 0 Å². The number of benzene rings is 1. The molecule has 1 aromatic carbocycles. The molecule has 2 amide bonds. The molecule has 4 nitrogen and oxygen atoms in total. The average molecular weight is 282 g/mol. The highest BCUT2D eigenvalue weighted by Gasteiger charge is 2.17. The van der Waals surface area contributed by atoms with Crippen LogP contribution in [0.15, 0.2) is 24.3 Å². The molecule has 1 radical (unpaired) electrons. The Morgan fingerprint density at radius 1 is 1.37 bits per heavy atom. The summed E-state index contributed by atoms with van der Waals surface area (Å²) in [6.07, 6.45) is 0. The molecule has 1 aromatic rings. The number of amides is 2. The molecule has 19 heavy (non-hydrogen) atoms. The Labute approximate surface area is 118 Å². The van der Waals surface area contributed by atoms with Gasteiger partial charge in [0, 0.05) is 30.6 Å². The highest BCUT2D eigenvalue weighted by atomic mass is 35.5. The first-order chi connectivity index (χ1) is 9.16. The molecule has 0 bridgehead atoms. The van der Waals surface area contributed by atoms with Gasteiger partial charge in [-0.05, 0) is 24.6 Å². The van der Waals surface area contributed by atoms with E-state index < -0.39 is 0 Å². The Bertz CT molecular complexity index is 416. The number of hydrogen-bond donors (Lipinski definition) is 1. The summed E-state index contributed by atoms with van der Waals surface area (Å²) in [7, 11) is 0. The second-order valence-corrected chi connectivity index (χ2v) is 4.97. The Morgan fingerprint density at radius 2 is 2.00 bits per heavy atom. The summed E-state index contributed by atoms with van der Waals surface area (Å²) in [4.78, 5) is 13.7. The maximum absolute atomic E-state index is 11.9. The number of nitrogens with zero attached hydrogens (tertiary/aromatic N) is 1.